The number of carboxylic acid groups (broad SMARTS) is 1. The van der Waals surface area contributed by atoms with Crippen LogP contribution in [0.5, 0.6) is 0 Å². The van der Waals surface area contributed by atoms with Gasteiger partial charge in [0.25, 0.3) is 5.91 Å². The fraction of sp³-hybridized carbons (Fsp3) is 0.529. The van der Waals surface area contributed by atoms with Crippen molar-refractivity contribution in [1.82, 2.24) is 25.2 Å². The number of nitrogens with one attached hydrogen (secondary N) is 1. The minimum absolute atomic E-state index is 0.0156. The highest BCUT2D eigenvalue weighted by Gasteiger charge is 2.37. The van der Waals surface area contributed by atoms with Gasteiger partial charge in [-0.3, -0.25) is 4.79 Å². The molecule has 2 heterocycles. The molecule has 1 saturated heterocycles. The van der Waals surface area contributed by atoms with Gasteiger partial charge in [0, 0.05) is 37.7 Å². The van der Waals surface area contributed by atoms with Crippen molar-refractivity contribution in [3.05, 3.63) is 75.4 Å². The Kier molecular flexibility index (Phi) is 14.0. The third-order valence-electron chi connectivity index (χ3n) is 7.08. The van der Waals surface area contributed by atoms with Crippen molar-refractivity contribution >= 4 is 29.4 Å². The lowest BCUT2D eigenvalue weighted by atomic mass is 10.0. The summed E-state index contributed by atoms with van der Waals surface area (Å²) in [5, 5.41) is 19.4. The minimum atomic E-state index is -5.05. The molecule has 2 N–H and O–H groups in total. The first-order valence-corrected chi connectivity index (χ1v) is 16.6. The molecule has 2 amide bonds. The molecule has 0 spiro atoms. The molecule has 3 aromatic rings. The molecule has 1 aliphatic heterocycles. The number of carbonyl (C=O) groups excluding carboxylic acids is 1. The first kappa shape index (κ1) is 42.3. The van der Waals surface area contributed by atoms with E-state index in [0.29, 0.717) is 22.7 Å². The van der Waals surface area contributed by atoms with E-state index in [4.69, 9.17) is 26.2 Å². The van der Waals surface area contributed by atoms with Crippen molar-refractivity contribution in [2.45, 2.75) is 78.2 Å². The Hall–Kier alpha value is -4.09. The standard InChI is InChI=1S/C26H25ClF6N6O4.C8H18O/c27-20-4-2-1-3-17(20)15-38(6-5-34-24(41)42)23(40)21-22(37-7-9-43-10-8-37)39(36-35-21)14-16-11-18(25(28,29)30)13-19(12-16)26(31,32)33;1-7(2,3)9-8(4,5)6/h1-4,11-13,34H,5-10,14-15H2,(H,41,42);1-6H3. The lowest BCUT2D eigenvalue weighted by molar-refractivity contribution is -0.143. The second-order valence-corrected chi connectivity index (χ2v) is 14.2. The molecule has 0 bridgehead atoms. The Morgan fingerprint density at radius 3 is 1.98 bits per heavy atom. The molecule has 0 radical (unpaired) electrons. The van der Waals surface area contributed by atoms with Crippen LogP contribution >= 0.6 is 11.6 Å². The van der Waals surface area contributed by atoms with Crippen LogP contribution in [0, 0.1) is 0 Å². The Balaban J connectivity index is 0.000000715. The van der Waals surface area contributed by atoms with E-state index in [2.05, 4.69) is 57.2 Å². The minimum Gasteiger partial charge on any atom is -0.465 e. The molecule has 0 saturated carbocycles. The zero-order valence-corrected chi connectivity index (χ0v) is 30.4. The number of rotatable bonds is 9. The normalized spacial score (nSPS) is 14.1. The van der Waals surface area contributed by atoms with Crippen molar-refractivity contribution in [1.29, 1.82) is 0 Å². The van der Waals surface area contributed by atoms with E-state index in [1.807, 2.05) is 0 Å². The van der Waals surface area contributed by atoms with Crippen molar-refractivity contribution in [2.75, 3.05) is 44.3 Å². The molecular weight excluding hydrogens is 722 g/mol. The van der Waals surface area contributed by atoms with Crippen LogP contribution in [-0.2, 0) is 34.9 Å². The second kappa shape index (κ2) is 17.2. The molecule has 0 aliphatic carbocycles. The van der Waals surface area contributed by atoms with Crippen LogP contribution in [0.25, 0.3) is 0 Å². The summed E-state index contributed by atoms with van der Waals surface area (Å²) in [5.41, 5.74) is -3.06. The Morgan fingerprint density at radius 1 is 0.942 bits per heavy atom. The van der Waals surface area contributed by atoms with Crippen molar-refractivity contribution in [3.8, 4) is 0 Å². The van der Waals surface area contributed by atoms with E-state index in [1.54, 1.807) is 29.2 Å². The van der Waals surface area contributed by atoms with Gasteiger partial charge < -0.3 is 29.7 Å². The largest absolute Gasteiger partial charge is 0.465 e. The maximum absolute atomic E-state index is 13.9. The van der Waals surface area contributed by atoms with E-state index < -0.39 is 42.0 Å². The number of ether oxygens (including phenoxy) is 2. The van der Waals surface area contributed by atoms with Crippen molar-refractivity contribution in [3.63, 3.8) is 0 Å². The van der Waals surface area contributed by atoms with Crippen molar-refractivity contribution < 1.29 is 50.5 Å². The fourth-order valence-corrected chi connectivity index (χ4v) is 5.57. The highest BCUT2D eigenvalue weighted by Crippen LogP contribution is 2.37. The van der Waals surface area contributed by atoms with Gasteiger partial charge >= 0.3 is 18.4 Å². The van der Waals surface area contributed by atoms with Crippen LogP contribution in [0.15, 0.2) is 42.5 Å². The number of hydrogen-bond donors (Lipinski definition) is 2. The van der Waals surface area contributed by atoms with Gasteiger partial charge in [0.1, 0.15) is 0 Å². The van der Waals surface area contributed by atoms with E-state index in [9.17, 15) is 35.9 Å². The summed E-state index contributed by atoms with van der Waals surface area (Å²) in [6.07, 6.45) is -11.4. The zero-order valence-electron chi connectivity index (χ0n) is 29.7. The summed E-state index contributed by atoms with van der Waals surface area (Å²) in [4.78, 5) is 27.8. The van der Waals surface area contributed by atoms with Crippen LogP contribution in [0.2, 0.25) is 5.02 Å². The smallest absolute Gasteiger partial charge is 0.416 e. The number of morpholine rings is 1. The molecule has 0 atom stereocenters. The Bertz CT molecular complexity index is 1620. The van der Waals surface area contributed by atoms with Crippen LogP contribution in [-0.4, -0.2) is 87.6 Å². The molecule has 4 rings (SSSR count). The van der Waals surface area contributed by atoms with Crippen LogP contribution in [0.4, 0.5) is 37.0 Å². The molecule has 52 heavy (non-hydrogen) atoms. The number of aromatic nitrogens is 3. The summed E-state index contributed by atoms with van der Waals surface area (Å²) in [7, 11) is 0. The molecule has 2 aromatic carbocycles. The second-order valence-electron chi connectivity index (χ2n) is 13.8. The highest BCUT2D eigenvalue weighted by atomic mass is 35.5. The SMILES string of the molecule is CC(C)(C)OC(C)(C)C.O=C(O)NCCN(Cc1ccccc1Cl)C(=O)c1nnn(Cc2cc(C(F)(F)F)cc(C(F)(F)F)c2)c1N1CCOCC1. The molecule has 1 aliphatic rings. The monoisotopic (exact) mass is 764 g/mol. The van der Waals surface area contributed by atoms with Gasteiger partial charge in [0.2, 0.25) is 0 Å². The average molecular weight is 765 g/mol. The van der Waals surface area contributed by atoms with Gasteiger partial charge in [-0.25, -0.2) is 9.48 Å². The third kappa shape index (κ3) is 13.2. The van der Waals surface area contributed by atoms with E-state index in [-0.39, 0.29) is 80.3 Å². The first-order chi connectivity index (χ1) is 23.9. The lowest BCUT2D eigenvalue weighted by Gasteiger charge is -2.30. The van der Waals surface area contributed by atoms with Gasteiger partial charge in [0.15, 0.2) is 11.5 Å². The molecule has 11 nitrogen and oxygen atoms in total. The molecule has 288 valence electrons. The van der Waals surface area contributed by atoms with Gasteiger partial charge in [-0.2, -0.15) is 26.3 Å². The average Bonchev–Trinajstić information content (AvgIpc) is 3.42. The summed E-state index contributed by atoms with van der Waals surface area (Å²) >= 11 is 6.28. The molecule has 18 heteroatoms. The third-order valence-corrected chi connectivity index (χ3v) is 7.45. The summed E-state index contributed by atoms with van der Waals surface area (Å²) in [6, 6.07) is 7.85. The number of carbonyl (C=O) groups is 2. The zero-order chi connectivity index (χ0) is 39.1. The highest BCUT2D eigenvalue weighted by molar-refractivity contribution is 6.31. The number of amides is 2. The number of benzene rings is 2. The van der Waals surface area contributed by atoms with Gasteiger partial charge in [-0.1, -0.05) is 35.0 Å². The maximum atomic E-state index is 13.9. The first-order valence-electron chi connectivity index (χ1n) is 16.2. The summed E-state index contributed by atoms with van der Waals surface area (Å²) in [6.45, 7) is 12.4. The molecule has 1 aromatic heterocycles. The van der Waals surface area contributed by atoms with Crippen LogP contribution < -0.4 is 10.2 Å². The Labute approximate surface area is 302 Å². The van der Waals surface area contributed by atoms with Gasteiger partial charge in [0.05, 0.1) is 42.1 Å². The lowest BCUT2D eigenvalue weighted by Crippen LogP contribution is -2.41. The predicted octanol–water partition coefficient (Wildman–Crippen LogP) is 7.36. The maximum Gasteiger partial charge on any atom is 0.416 e. The quantitative estimate of drug-likeness (QED) is 0.217. The van der Waals surface area contributed by atoms with E-state index in [1.165, 1.54) is 4.90 Å². The number of anilines is 1. The summed E-state index contributed by atoms with van der Waals surface area (Å²) < 4.78 is 92.9. The van der Waals surface area contributed by atoms with Crippen molar-refractivity contribution in [2.24, 2.45) is 0 Å². The number of halogens is 7. The number of alkyl halides is 6. The van der Waals surface area contributed by atoms with E-state index >= 15 is 0 Å². The fourth-order valence-electron chi connectivity index (χ4n) is 5.38. The molecular formula is C34H43ClF6N6O5. The van der Waals surface area contributed by atoms with Gasteiger partial charge in [-0.05, 0) is 76.9 Å². The van der Waals surface area contributed by atoms with Crippen LogP contribution in [0.3, 0.4) is 0 Å². The number of nitrogens with zero attached hydrogens (tertiary/aromatic N) is 5. The van der Waals surface area contributed by atoms with E-state index in [0.717, 1.165) is 4.68 Å². The van der Waals surface area contributed by atoms with Crippen LogP contribution in [0.1, 0.15) is 74.3 Å². The topological polar surface area (TPSA) is 122 Å². The predicted molar refractivity (Wildman–Crippen MR) is 181 cm³/mol. The molecule has 1 fully saturated rings. The van der Waals surface area contributed by atoms with Gasteiger partial charge in [-0.15, -0.1) is 5.10 Å². The number of hydrogen-bond acceptors (Lipinski definition) is 7. The molecule has 0 unspecified atom stereocenters. The summed E-state index contributed by atoms with van der Waals surface area (Å²) in [5.74, 6) is -0.644. The Morgan fingerprint density at radius 2 is 1.50 bits per heavy atom.